The molecule has 3 rings (SSSR count). The quantitative estimate of drug-likeness (QED) is 0.566. The number of phenolic OH excluding ortho intramolecular Hbond substituents is 1. The van der Waals surface area contributed by atoms with E-state index in [4.69, 9.17) is 0 Å². The lowest BCUT2D eigenvalue weighted by atomic mass is 10.2. The lowest BCUT2D eigenvalue weighted by Gasteiger charge is -2.11. The van der Waals surface area contributed by atoms with E-state index in [0.717, 1.165) is 17.7 Å². The Balaban J connectivity index is 1.82. The summed E-state index contributed by atoms with van der Waals surface area (Å²) in [6, 6.07) is 15.1. The second kappa shape index (κ2) is 7.69. The molecule has 0 saturated carbocycles. The number of phenols is 1. The Morgan fingerprint density at radius 2 is 1.71 bits per heavy atom. The van der Waals surface area contributed by atoms with Gasteiger partial charge in [0.2, 0.25) is 0 Å². The fourth-order valence-electron chi connectivity index (χ4n) is 2.48. The van der Waals surface area contributed by atoms with Gasteiger partial charge in [0.25, 0.3) is 15.9 Å². The Kier molecular flexibility index (Phi) is 5.32. The van der Waals surface area contributed by atoms with Gasteiger partial charge in [-0.25, -0.2) is 12.8 Å². The number of sulfonamides is 1. The van der Waals surface area contributed by atoms with Crippen LogP contribution >= 0.6 is 0 Å². The first-order valence-electron chi connectivity index (χ1n) is 8.24. The van der Waals surface area contributed by atoms with Crippen molar-refractivity contribution in [3.63, 3.8) is 0 Å². The normalized spacial score (nSPS) is 11.1. The number of amides is 1. The molecule has 28 heavy (non-hydrogen) atoms. The Hall–Kier alpha value is -3.39. The molecule has 144 valence electrons. The van der Waals surface area contributed by atoms with Crippen LogP contribution in [0.4, 0.5) is 15.8 Å². The summed E-state index contributed by atoms with van der Waals surface area (Å²) in [4.78, 5) is 12.3. The highest BCUT2D eigenvalue weighted by Crippen LogP contribution is 2.25. The number of rotatable bonds is 5. The van der Waals surface area contributed by atoms with E-state index in [2.05, 4.69) is 10.0 Å². The van der Waals surface area contributed by atoms with Crippen LogP contribution in [-0.2, 0) is 10.0 Å². The third kappa shape index (κ3) is 4.47. The number of nitrogens with one attached hydrogen (secondary N) is 2. The van der Waals surface area contributed by atoms with E-state index in [1.807, 2.05) is 0 Å². The Morgan fingerprint density at radius 3 is 2.39 bits per heavy atom. The molecule has 3 N–H and O–H groups in total. The highest BCUT2D eigenvalue weighted by Gasteiger charge is 2.17. The number of hydrogen-bond acceptors (Lipinski definition) is 4. The SMILES string of the molecule is Cc1ccc(NC(=O)c2cccc(S(=O)(=O)Nc3ccc(F)cc3)c2)c(O)c1. The number of aromatic hydroxyl groups is 1. The van der Waals surface area contributed by atoms with Gasteiger partial charge in [-0.15, -0.1) is 0 Å². The van der Waals surface area contributed by atoms with Crippen LogP contribution in [0.1, 0.15) is 15.9 Å². The minimum Gasteiger partial charge on any atom is -0.506 e. The van der Waals surface area contributed by atoms with Crippen LogP contribution in [0.3, 0.4) is 0 Å². The molecule has 0 atom stereocenters. The predicted octanol–water partition coefficient (Wildman–Crippen LogP) is 3.89. The maximum Gasteiger partial charge on any atom is 0.261 e. The van der Waals surface area contributed by atoms with Crippen molar-refractivity contribution >= 4 is 27.3 Å². The molecule has 0 spiro atoms. The van der Waals surface area contributed by atoms with E-state index in [9.17, 15) is 22.7 Å². The first-order valence-corrected chi connectivity index (χ1v) is 9.72. The van der Waals surface area contributed by atoms with Gasteiger partial charge in [-0.2, -0.15) is 0 Å². The molecule has 0 aliphatic rings. The Labute approximate surface area is 161 Å². The van der Waals surface area contributed by atoms with E-state index in [0.29, 0.717) is 0 Å². The number of halogens is 1. The summed E-state index contributed by atoms with van der Waals surface area (Å²) in [7, 11) is -3.97. The van der Waals surface area contributed by atoms with Crippen molar-refractivity contribution in [2.24, 2.45) is 0 Å². The largest absolute Gasteiger partial charge is 0.506 e. The fourth-order valence-corrected chi connectivity index (χ4v) is 3.58. The topological polar surface area (TPSA) is 95.5 Å². The molecule has 3 aromatic rings. The van der Waals surface area contributed by atoms with Gasteiger partial charge in [0.15, 0.2) is 0 Å². The van der Waals surface area contributed by atoms with Gasteiger partial charge >= 0.3 is 0 Å². The molecular formula is C20H17FN2O4S. The van der Waals surface area contributed by atoms with E-state index >= 15 is 0 Å². The molecule has 0 saturated heterocycles. The average molecular weight is 400 g/mol. The maximum atomic E-state index is 13.0. The Bertz CT molecular complexity index is 1130. The molecule has 0 aliphatic heterocycles. The van der Waals surface area contributed by atoms with Crippen LogP contribution in [0.25, 0.3) is 0 Å². The molecule has 0 bridgehead atoms. The van der Waals surface area contributed by atoms with Gasteiger partial charge in [-0.3, -0.25) is 9.52 Å². The summed E-state index contributed by atoms with van der Waals surface area (Å²) in [5, 5.41) is 12.4. The van der Waals surface area contributed by atoms with Crippen LogP contribution < -0.4 is 10.0 Å². The van der Waals surface area contributed by atoms with Crippen molar-refractivity contribution < 1.29 is 22.7 Å². The summed E-state index contributed by atoms with van der Waals surface area (Å²) in [5.74, 6) is -1.14. The van der Waals surface area contributed by atoms with Gasteiger partial charge < -0.3 is 10.4 Å². The fraction of sp³-hybridized carbons (Fsp3) is 0.0500. The highest BCUT2D eigenvalue weighted by molar-refractivity contribution is 7.92. The van der Waals surface area contributed by atoms with Crippen LogP contribution in [0, 0.1) is 12.7 Å². The van der Waals surface area contributed by atoms with Gasteiger partial charge in [0, 0.05) is 11.3 Å². The van der Waals surface area contributed by atoms with Gasteiger partial charge in [-0.1, -0.05) is 12.1 Å². The molecule has 0 fully saturated rings. The first kappa shape index (κ1) is 19.4. The third-order valence-corrected chi connectivity index (χ3v) is 5.28. The van der Waals surface area contributed by atoms with Crippen molar-refractivity contribution in [1.29, 1.82) is 0 Å². The summed E-state index contributed by atoms with van der Waals surface area (Å²) < 4.78 is 40.4. The Morgan fingerprint density at radius 1 is 1.00 bits per heavy atom. The lowest BCUT2D eigenvalue weighted by molar-refractivity contribution is 0.102. The molecule has 6 nitrogen and oxygen atoms in total. The minimum atomic E-state index is -3.97. The zero-order valence-electron chi connectivity index (χ0n) is 14.8. The summed E-state index contributed by atoms with van der Waals surface area (Å²) in [6.07, 6.45) is 0. The van der Waals surface area contributed by atoms with Gasteiger partial charge in [0.1, 0.15) is 11.6 Å². The van der Waals surface area contributed by atoms with Gasteiger partial charge in [-0.05, 0) is 67.1 Å². The monoisotopic (exact) mass is 400 g/mol. The molecule has 8 heteroatoms. The van der Waals surface area contributed by atoms with E-state index < -0.39 is 21.7 Å². The van der Waals surface area contributed by atoms with E-state index in [1.54, 1.807) is 19.1 Å². The average Bonchev–Trinajstić information content (AvgIpc) is 2.66. The summed E-state index contributed by atoms with van der Waals surface area (Å²) >= 11 is 0. The van der Waals surface area contributed by atoms with Crippen molar-refractivity contribution in [2.75, 3.05) is 10.0 Å². The summed E-state index contributed by atoms with van der Waals surface area (Å²) in [5.41, 5.74) is 1.34. The molecule has 1 amide bonds. The van der Waals surface area contributed by atoms with Crippen molar-refractivity contribution in [1.82, 2.24) is 0 Å². The minimum absolute atomic E-state index is 0.0879. The number of anilines is 2. The van der Waals surface area contributed by atoms with E-state index in [-0.39, 0.29) is 27.6 Å². The van der Waals surface area contributed by atoms with Crippen LogP contribution in [-0.4, -0.2) is 19.4 Å². The molecular weight excluding hydrogens is 383 g/mol. The number of aryl methyl sites for hydroxylation is 1. The predicted molar refractivity (Wildman–Crippen MR) is 104 cm³/mol. The lowest BCUT2D eigenvalue weighted by Crippen LogP contribution is -2.16. The van der Waals surface area contributed by atoms with Crippen molar-refractivity contribution in [3.8, 4) is 5.75 Å². The standard InChI is InChI=1S/C20H17FN2O4S/c1-13-5-10-18(19(24)11-13)22-20(25)14-3-2-4-17(12-14)28(26,27)23-16-8-6-15(21)7-9-16/h2-12,23-24H,1H3,(H,22,25). The second-order valence-corrected chi connectivity index (χ2v) is 7.80. The van der Waals surface area contributed by atoms with Crippen molar-refractivity contribution in [2.45, 2.75) is 11.8 Å². The highest BCUT2D eigenvalue weighted by atomic mass is 32.2. The molecule has 0 aliphatic carbocycles. The van der Waals surface area contributed by atoms with Gasteiger partial charge in [0.05, 0.1) is 10.6 Å². The number of carbonyl (C=O) groups is 1. The molecule has 0 aromatic heterocycles. The van der Waals surface area contributed by atoms with E-state index in [1.165, 1.54) is 42.5 Å². The number of carbonyl (C=O) groups excluding carboxylic acids is 1. The molecule has 3 aromatic carbocycles. The zero-order valence-corrected chi connectivity index (χ0v) is 15.6. The van der Waals surface area contributed by atoms with Crippen LogP contribution in [0.2, 0.25) is 0 Å². The third-order valence-electron chi connectivity index (χ3n) is 3.90. The second-order valence-electron chi connectivity index (χ2n) is 6.11. The van der Waals surface area contributed by atoms with Crippen LogP contribution in [0.15, 0.2) is 71.6 Å². The van der Waals surface area contributed by atoms with Crippen molar-refractivity contribution in [3.05, 3.63) is 83.7 Å². The summed E-state index contributed by atoms with van der Waals surface area (Å²) in [6.45, 7) is 1.80. The first-order chi connectivity index (χ1) is 13.2. The maximum absolute atomic E-state index is 13.0. The number of benzene rings is 3. The smallest absolute Gasteiger partial charge is 0.261 e. The number of hydrogen-bond donors (Lipinski definition) is 3. The molecule has 0 heterocycles. The van der Waals surface area contributed by atoms with Crippen LogP contribution in [0.5, 0.6) is 5.75 Å². The molecule has 0 radical (unpaired) electrons. The molecule has 0 unspecified atom stereocenters. The zero-order chi connectivity index (χ0) is 20.3.